The average molecular weight is 1330 g/mol. The largest absolute Gasteiger partial charge is 0.454 e. The lowest BCUT2D eigenvalue weighted by atomic mass is 9.78. The maximum Gasteiger partial charge on any atom is 0.161 e. The van der Waals surface area contributed by atoms with Gasteiger partial charge in [-0.15, -0.1) is 0 Å². The number of hydrogen-bond acceptors (Lipinski definition) is 1. The molecule has 0 amide bonds. The molecule has 0 unspecified atom stereocenters. The van der Waals surface area contributed by atoms with Crippen LogP contribution in [-0.4, -0.2) is 13.4 Å². The van der Waals surface area contributed by atoms with Crippen LogP contribution in [0, 0.1) is 0 Å². The van der Waals surface area contributed by atoms with Crippen molar-refractivity contribution in [3.8, 4) is 61.3 Å². The van der Waals surface area contributed by atoms with E-state index in [-0.39, 0.29) is 32.5 Å². The second kappa shape index (κ2) is 21.6. The number of rotatable bonds is 6. The topological polar surface area (TPSA) is 26.9 Å². The van der Waals surface area contributed by atoms with E-state index >= 15 is 0 Å². The van der Waals surface area contributed by atoms with Crippen molar-refractivity contribution >= 4 is 109 Å². The minimum Gasteiger partial charge on any atom is -0.454 e. The third kappa shape index (κ3) is 9.82. The molecule has 0 fully saturated rings. The van der Waals surface area contributed by atoms with Crippen LogP contribution in [0.2, 0.25) is 0 Å². The number of aromatic nitrogens is 3. The van der Waals surface area contributed by atoms with Gasteiger partial charge >= 0.3 is 0 Å². The summed E-state index contributed by atoms with van der Waals surface area (Å²) in [4.78, 5) is 0. The van der Waals surface area contributed by atoms with Gasteiger partial charge in [-0.3, -0.25) is 0 Å². The summed E-state index contributed by atoms with van der Waals surface area (Å²) in [5.41, 5.74) is 32.0. The van der Waals surface area contributed by atoms with Crippen molar-refractivity contribution in [2.75, 3.05) is 0 Å². The van der Waals surface area contributed by atoms with E-state index in [9.17, 15) is 0 Å². The molecular formula is C98H91N3O. The Bertz CT molecular complexity index is 6430. The highest BCUT2D eigenvalue weighted by molar-refractivity contribution is 6.36. The van der Waals surface area contributed by atoms with E-state index in [0.717, 1.165) is 33.1 Å². The van der Waals surface area contributed by atoms with E-state index in [2.05, 4.69) is 362 Å². The zero-order valence-corrected chi connectivity index (χ0v) is 62.6. The number of hydrogen-bond donors (Lipinski definition) is 0. The fourth-order valence-corrected chi connectivity index (χ4v) is 16.8. The molecule has 18 rings (SSSR count). The minimum atomic E-state index is -0.0945. The Balaban J connectivity index is 1.01. The van der Waals surface area contributed by atoms with Crippen molar-refractivity contribution in [2.24, 2.45) is 0 Å². The Morgan fingerprint density at radius 1 is 0.235 bits per heavy atom. The first-order valence-corrected chi connectivity index (χ1v) is 36.9. The Morgan fingerprint density at radius 3 is 1.24 bits per heavy atom. The highest BCUT2D eigenvalue weighted by atomic mass is 16.3. The summed E-state index contributed by atoms with van der Waals surface area (Å²) in [7, 11) is 0. The molecule has 0 N–H and O–H groups in total. The van der Waals surface area contributed by atoms with Gasteiger partial charge in [-0.1, -0.05) is 264 Å². The second-order valence-corrected chi connectivity index (χ2v) is 36.0. The fourth-order valence-electron chi connectivity index (χ4n) is 16.8. The summed E-state index contributed by atoms with van der Waals surface area (Å²) in [5.74, 6) is 0. The highest BCUT2D eigenvalue weighted by Crippen LogP contribution is 2.53. The third-order valence-corrected chi connectivity index (χ3v) is 22.7. The van der Waals surface area contributed by atoms with Crippen molar-refractivity contribution in [3.63, 3.8) is 0 Å². The van der Waals surface area contributed by atoms with E-state index in [0.29, 0.717) is 0 Å². The molecule has 0 spiro atoms. The predicted octanol–water partition coefficient (Wildman–Crippen LogP) is 28.0. The molecule has 0 atom stereocenters. The van der Waals surface area contributed by atoms with Crippen LogP contribution in [0.5, 0.6) is 0 Å². The first-order valence-electron chi connectivity index (χ1n) is 36.9. The molecule has 4 heteroatoms. The molecule has 0 saturated carbocycles. The molecule has 12 aromatic carbocycles. The van der Waals surface area contributed by atoms with Crippen molar-refractivity contribution in [1.29, 1.82) is 0 Å². The lowest BCUT2D eigenvalue weighted by molar-refractivity contribution is 0.568. The molecule has 0 radical (unpaired) electrons. The van der Waals surface area contributed by atoms with Gasteiger partial charge in [0.2, 0.25) is 0 Å². The number of furan rings is 1. The lowest BCUT2D eigenvalue weighted by Crippen LogP contribution is -2.16. The summed E-state index contributed by atoms with van der Waals surface area (Å²) >= 11 is 0. The molecule has 0 saturated heterocycles. The smallest absolute Gasteiger partial charge is 0.161 e. The molecular weight excluding hydrogens is 1240 g/mol. The van der Waals surface area contributed by atoms with E-state index in [4.69, 9.17) is 4.42 Å². The van der Waals surface area contributed by atoms with Gasteiger partial charge in [0.1, 0.15) is 11.1 Å². The molecule has 0 aliphatic carbocycles. The normalized spacial score (nSPS) is 13.4. The molecule has 6 heterocycles. The maximum absolute atomic E-state index is 7.22. The summed E-state index contributed by atoms with van der Waals surface area (Å²) in [5, 5.41) is 12.1. The van der Waals surface area contributed by atoms with Crippen LogP contribution < -0.4 is 0 Å². The summed E-state index contributed by atoms with van der Waals surface area (Å²) in [6.07, 6.45) is 0. The third-order valence-electron chi connectivity index (χ3n) is 22.7. The van der Waals surface area contributed by atoms with Gasteiger partial charge in [0, 0.05) is 65.1 Å². The first kappa shape index (κ1) is 63.7. The standard InChI is InChI=1S/C98H91N3O/c1-93(2,3)65-39-59(40-66(53-65)94(4,5)6)62-47-75(58-35-37-83-76(46-58)72-31-22-24-33-82(72)99(83)71-30-26-29-57(45-71)56-27-20-19-21-28-56)87-78(49-62)79-50-63(60-41-67(95(7,8)9)54-68(42-60)96(10,11)12)51-80-86-84(100(87)88(79)80)38-36-73-77-48-64(61-43-69(97(13,14)15)55-70(44-61)98(16,17)18)52-81-89(77)101(90(73)86)91-74-32-23-25-34-85(74)102-92(81)91/h19-55H,1-18H3. The first-order chi connectivity index (χ1) is 48.3. The van der Waals surface area contributed by atoms with Crippen LogP contribution in [0.25, 0.3) is 170 Å². The van der Waals surface area contributed by atoms with Gasteiger partial charge in [-0.05, 0) is 201 Å². The molecule has 6 aromatic heterocycles. The summed E-state index contributed by atoms with van der Waals surface area (Å²) in [6, 6.07) is 87.1. The molecule has 0 aliphatic heterocycles. The van der Waals surface area contributed by atoms with Gasteiger partial charge in [-0.2, -0.15) is 0 Å². The molecule has 102 heavy (non-hydrogen) atoms. The van der Waals surface area contributed by atoms with Crippen LogP contribution in [0.4, 0.5) is 0 Å². The number of benzene rings is 12. The van der Waals surface area contributed by atoms with Gasteiger partial charge in [0.25, 0.3) is 0 Å². The van der Waals surface area contributed by atoms with Gasteiger partial charge in [0.15, 0.2) is 5.58 Å². The monoisotopic (exact) mass is 1330 g/mol. The Labute approximate surface area is 599 Å². The Hall–Kier alpha value is -10.4. The van der Waals surface area contributed by atoms with Crippen LogP contribution >= 0.6 is 0 Å². The zero-order chi connectivity index (χ0) is 71.0. The summed E-state index contributed by atoms with van der Waals surface area (Å²) in [6.45, 7) is 42.4. The Kier molecular flexibility index (Phi) is 13.5. The van der Waals surface area contributed by atoms with Crippen molar-refractivity contribution in [2.45, 2.75) is 157 Å². The van der Waals surface area contributed by atoms with Crippen LogP contribution in [-0.2, 0) is 32.5 Å². The highest BCUT2D eigenvalue weighted by Gasteiger charge is 2.32. The van der Waals surface area contributed by atoms with E-state index < -0.39 is 0 Å². The average Bonchev–Trinajstić information content (AvgIpc) is 1.50. The van der Waals surface area contributed by atoms with E-state index in [1.807, 2.05) is 0 Å². The van der Waals surface area contributed by atoms with E-state index in [1.54, 1.807) is 0 Å². The van der Waals surface area contributed by atoms with E-state index in [1.165, 1.54) is 171 Å². The van der Waals surface area contributed by atoms with Crippen LogP contribution in [0.3, 0.4) is 0 Å². The summed E-state index contributed by atoms with van der Waals surface area (Å²) < 4.78 is 15.0. The van der Waals surface area contributed by atoms with Gasteiger partial charge in [0.05, 0.1) is 38.6 Å². The van der Waals surface area contributed by atoms with Crippen molar-refractivity contribution in [3.05, 3.63) is 258 Å². The van der Waals surface area contributed by atoms with Gasteiger partial charge in [-0.25, -0.2) is 0 Å². The number of nitrogens with zero attached hydrogens (tertiary/aromatic N) is 3. The van der Waals surface area contributed by atoms with Gasteiger partial charge < -0.3 is 17.8 Å². The number of fused-ring (bicyclic) bond motifs is 18. The zero-order valence-electron chi connectivity index (χ0n) is 62.6. The minimum absolute atomic E-state index is 0.0554. The lowest BCUT2D eigenvalue weighted by Gasteiger charge is -2.26. The molecule has 4 nitrogen and oxygen atoms in total. The quantitative estimate of drug-likeness (QED) is 0.163. The molecule has 18 aromatic rings. The van der Waals surface area contributed by atoms with Crippen molar-refractivity contribution < 1.29 is 4.42 Å². The van der Waals surface area contributed by atoms with Crippen LogP contribution in [0.15, 0.2) is 229 Å². The van der Waals surface area contributed by atoms with Crippen molar-refractivity contribution in [1.82, 2.24) is 13.4 Å². The molecule has 0 aliphatic rings. The maximum atomic E-state index is 7.22. The molecule has 0 bridgehead atoms. The van der Waals surface area contributed by atoms with Crippen LogP contribution in [0.1, 0.15) is 158 Å². The second-order valence-electron chi connectivity index (χ2n) is 36.0. The predicted molar refractivity (Wildman–Crippen MR) is 439 cm³/mol. The fraction of sp³-hybridized carbons (Fsp3) is 0.245. The Morgan fingerprint density at radius 2 is 0.667 bits per heavy atom. The SMILES string of the molecule is CC(C)(C)c1cc(-c2cc(-c3ccc4c(c3)c3ccccc3n4-c3cccc(-c4ccccc4)c3)c3c(c2)c2cc(-c4cc(C(C)(C)C)cc(C(C)(C)C)c4)cc4c5c(ccc6c7cc(-c8cc(C(C)(C)C)cc(C(C)(C)C)c8)cc8c9oc%10ccccc%10c9n(c78)c65)n3c24)cc(C(C)(C)C)c1. The molecule has 504 valence electrons. The number of para-hydroxylation sites is 2.